The van der Waals surface area contributed by atoms with E-state index in [1.807, 2.05) is 26.0 Å². The van der Waals surface area contributed by atoms with Gasteiger partial charge in [-0.05, 0) is 63.5 Å². The van der Waals surface area contributed by atoms with Crippen LogP contribution in [-0.4, -0.2) is 28.9 Å². The van der Waals surface area contributed by atoms with E-state index in [4.69, 9.17) is 11.6 Å². The Morgan fingerprint density at radius 1 is 1.29 bits per heavy atom. The minimum atomic E-state index is -0.0969. The molecule has 3 rings (SSSR count). The van der Waals surface area contributed by atoms with Gasteiger partial charge in [0.15, 0.2) is 0 Å². The lowest BCUT2D eigenvalue weighted by Crippen LogP contribution is -2.28. The Balaban J connectivity index is 1.70. The summed E-state index contributed by atoms with van der Waals surface area (Å²) < 4.78 is 0. The van der Waals surface area contributed by atoms with Gasteiger partial charge in [0.25, 0.3) is 5.91 Å². The summed E-state index contributed by atoms with van der Waals surface area (Å²) in [6.07, 6.45) is 3.84. The van der Waals surface area contributed by atoms with Crippen molar-refractivity contribution in [3.05, 3.63) is 44.4 Å². The number of rotatable bonds is 4. The van der Waals surface area contributed by atoms with Gasteiger partial charge < -0.3 is 5.32 Å². The van der Waals surface area contributed by atoms with Crippen LogP contribution < -0.4 is 5.32 Å². The maximum absolute atomic E-state index is 12.6. The normalized spacial score (nSPS) is 15.5. The molecular formula is C18H22ClN3OS. The summed E-state index contributed by atoms with van der Waals surface area (Å²) >= 11 is 7.46. The summed E-state index contributed by atoms with van der Waals surface area (Å²) in [5.41, 5.74) is 2.54. The van der Waals surface area contributed by atoms with Crippen LogP contribution in [-0.2, 0) is 6.54 Å². The second kappa shape index (κ2) is 7.64. The molecule has 1 aromatic heterocycles. The summed E-state index contributed by atoms with van der Waals surface area (Å²) in [5, 5.41) is 4.66. The molecule has 1 aliphatic rings. The molecule has 1 N–H and O–H groups in total. The zero-order valence-corrected chi connectivity index (χ0v) is 15.6. The predicted molar refractivity (Wildman–Crippen MR) is 100 cm³/mol. The molecule has 1 saturated heterocycles. The van der Waals surface area contributed by atoms with Gasteiger partial charge in [0.05, 0.1) is 12.2 Å². The molecule has 0 spiro atoms. The van der Waals surface area contributed by atoms with Crippen molar-refractivity contribution >= 4 is 34.5 Å². The largest absolute Gasteiger partial charge is 0.321 e. The average Bonchev–Trinajstić information content (AvgIpc) is 2.91. The van der Waals surface area contributed by atoms with Crippen molar-refractivity contribution in [2.45, 2.75) is 39.7 Å². The summed E-state index contributed by atoms with van der Waals surface area (Å²) in [6.45, 7) is 6.94. The fourth-order valence-corrected chi connectivity index (χ4v) is 4.21. The van der Waals surface area contributed by atoms with Crippen LogP contribution in [0, 0.1) is 13.8 Å². The van der Waals surface area contributed by atoms with E-state index in [1.54, 1.807) is 6.07 Å². The monoisotopic (exact) mass is 363 g/mol. The standard InChI is InChI=1S/C18H22ClN3OS/c1-12-10-14(19)6-7-15(12)21-18(23)17-13(2)20-16(24-17)11-22-8-4-3-5-9-22/h6-7,10H,3-5,8-9,11H2,1-2H3,(H,21,23). The van der Waals surface area contributed by atoms with Gasteiger partial charge in [-0.25, -0.2) is 4.98 Å². The first-order valence-corrected chi connectivity index (χ1v) is 9.48. The van der Waals surface area contributed by atoms with Crippen LogP contribution in [0.25, 0.3) is 0 Å². The van der Waals surface area contributed by atoms with Gasteiger partial charge in [0.2, 0.25) is 0 Å². The second-order valence-corrected chi connectivity index (χ2v) is 7.79. The van der Waals surface area contributed by atoms with E-state index in [9.17, 15) is 4.79 Å². The van der Waals surface area contributed by atoms with Crippen molar-refractivity contribution in [3.63, 3.8) is 0 Å². The number of thiazole rings is 1. The third kappa shape index (κ3) is 4.15. The molecule has 0 unspecified atom stereocenters. The molecule has 2 aromatic rings. The lowest BCUT2D eigenvalue weighted by Gasteiger charge is -2.25. The lowest BCUT2D eigenvalue weighted by atomic mass is 10.1. The molecule has 24 heavy (non-hydrogen) atoms. The number of amides is 1. The summed E-state index contributed by atoms with van der Waals surface area (Å²) in [4.78, 5) is 20.3. The van der Waals surface area contributed by atoms with Gasteiger partial charge in [0, 0.05) is 10.7 Å². The maximum Gasteiger partial charge on any atom is 0.267 e. The zero-order chi connectivity index (χ0) is 17.1. The number of piperidine rings is 1. The summed E-state index contributed by atoms with van der Waals surface area (Å²) in [6, 6.07) is 5.46. The fraction of sp³-hybridized carbons (Fsp3) is 0.444. The number of anilines is 1. The highest BCUT2D eigenvalue weighted by atomic mass is 35.5. The van der Waals surface area contributed by atoms with Crippen molar-refractivity contribution in [2.24, 2.45) is 0 Å². The molecule has 1 amide bonds. The molecule has 1 aliphatic heterocycles. The van der Waals surface area contributed by atoms with Crippen LogP contribution in [0.15, 0.2) is 18.2 Å². The molecule has 2 heterocycles. The van der Waals surface area contributed by atoms with Crippen LogP contribution in [0.4, 0.5) is 5.69 Å². The summed E-state index contributed by atoms with van der Waals surface area (Å²) in [7, 11) is 0. The third-order valence-electron chi connectivity index (χ3n) is 4.29. The van der Waals surface area contributed by atoms with Gasteiger partial charge in [-0.15, -0.1) is 11.3 Å². The van der Waals surface area contributed by atoms with Crippen molar-refractivity contribution in [3.8, 4) is 0 Å². The van der Waals surface area contributed by atoms with E-state index in [-0.39, 0.29) is 5.91 Å². The maximum atomic E-state index is 12.6. The van der Waals surface area contributed by atoms with E-state index in [0.717, 1.165) is 41.6 Å². The highest BCUT2D eigenvalue weighted by Gasteiger charge is 2.18. The van der Waals surface area contributed by atoms with Crippen LogP contribution >= 0.6 is 22.9 Å². The Kier molecular flexibility index (Phi) is 5.54. The fourth-order valence-electron chi connectivity index (χ4n) is 2.99. The van der Waals surface area contributed by atoms with Crippen LogP contribution in [0.3, 0.4) is 0 Å². The van der Waals surface area contributed by atoms with Crippen molar-refractivity contribution in [1.82, 2.24) is 9.88 Å². The second-order valence-electron chi connectivity index (χ2n) is 6.27. The molecule has 1 fully saturated rings. The van der Waals surface area contributed by atoms with E-state index < -0.39 is 0 Å². The molecule has 0 bridgehead atoms. The van der Waals surface area contributed by atoms with Gasteiger partial charge in [-0.3, -0.25) is 9.69 Å². The van der Waals surface area contributed by atoms with Gasteiger partial charge >= 0.3 is 0 Å². The highest BCUT2D eigenvalue weighted by Crippen LogP contribution is 2.24. The molecule has 0 saturated carbocycles. The average molecular weight is 364 g/mol. The topological polar surface area (TPSA) is 45.2 Å². The first-order valence-electron chi connectivity index (χ1n) is 8.29. The van der Waals surface area contributed by atoms with Crippen molar-refractivity contribution in [2.75, 3.05) is 18.4 Å². The van der Waals surface area contributed by atoms with Gasteiger partial charge in [-0.1, -0.05) is 18.0 Å². The number of benzene rings is 1. The van der Waals surface area contributed by atoms with Crippen LogP contribution in [0.1, 0.15) is 45.2 Å². The SMILES string of the molecule is Cc1cc(Cl)ccc1NC(=O)c1sc(CN2CCCCC2)nc1C. The third-order valence-corrected chi connectivity index (χ3v) is 5.67. The van der Waals surface area contributed by atoms with Crippen LogP contribution in [0.5, 0.6) is 0 Å². The Hall–Kier alpha value is -1.43. The Bertz CT molecular complexity index is 738. The van der Waals surface area contributed by atoms with Crippen LogP contribution in [0.2, 0.25) is 5.02 Å². The molecule has 128 valence electrons. The number of carbonyl (C=O) groups is 1. The molecule has 0 atom stereocenters. The number of hydrogen-bond acceptors (Lipinski definition) is 4. The van der Waals surface area contributed by atoms with E-state index in [2.05, 4.69) is 15.2 Å². The minimum absolute atomic E-state index is 0.0969. The molecular weight excluding hydrogens is 342 g/mol. The molecule has 4 nitrogen and oxygen atoms in total. The molecule has 1 aromatic carbocycles. The number of aromatic nitrogens is 1. The number of hydrogen-bond donors (Lipinski definition) is 1. The van der Waals surface area contributed by atoms with Gasteiger partial charge in [-0.2, -0.15) is 0 Å². The first kappa shape index (κ1) is 17.4. The summed E-state index contributed by atoms with van der Waals surface area (Å²) in [5.74, 6) is -0.0969. The smallest absolute Gasteiger partial charge is 0.267 e. The Labute approximate surface area is 151 Å². The van der Waals surface area contributed by atoms with Crippen molar-refractivity contribution < 1.29 is 4.79 Å². The highest BCUT2D eigenvalue weighted by molar-refractivity contribution is 7.13. The number of nitrogens with one attached hydrogen (secondary N) is 1. The first-order chi connectivity index (χ1) is 11.5. The Morgan fingerprint density at radius 3 is 2.75 bits per heavy atom. The quantitative estimate of drug-likeness (QED) is 0.859. The molecule has 0 aliphatic carbocycles. The zero-order valence-electron chi connectivity index (χ0n) is 14.1. The Morgan fingerprint density at radius 2 is 2.04 bits per heavy atom. The number of nitrogens with zero attached hydrogens (tertiary/aromatic N) is 2. The van der Waals surface area contributed by atoms with E-state index in [1.165, 1.54) is 30.6 Å². The van der Waals surface area contributed by atoms with E-state index >= 15 is 0 Å². The van der Waals surface area contributed by atoms with E-state index in [0.29, 0.717) is 9.90 Å². The lowest BCUT2D eigenvalue weighted by molar-refractivity contribution is 0.102. The van der Waals surface area contributed by atoms with Crippen molar-refractivity contribution in [1.29, 1.82) is 0 Å². The number of aryl methyl sites for hydroxylation is 2. The number of carbonyl (C=O) groups excluding carboxylic acids is 1. The number of halogens is 1. The molecule has 0 radical (unpaired) electrons. The minimum Gasteiger partial charge on any atom is -0.321 e. The molecule has 6 heteroatoms. The predicted octanol–water partition coefficient (Wildman–Crippen LogP) is 4.65. The number of likely N-dealkylation sites (tertiary alicyclic amines) is 1. The van der Waals surface area contributed by atoms with Gasteiger partial charge in [0.1, 0.15) is 9.88 Å².